The van der Waals surface area contributed by atoms with E-state index < -0.39 is 5.82 Å². The van der Waals surface area contributed by atoms with Crippen LogP contribution in [0.4, 0.5) is 10.1 Å². The van der Waals surface area contributed by atoms with E-state index in [-0.39, 0.29) is 47.9 Å². The summed E-state index contributed by atoms with van der Waals surface area (Å²) < 4.78 is 16.7. The molecule has 5 rings (SSSR count). The zero-order valence-electron chi connectivity index (χ0n) is 20.0. The third-order valence-electron chi connectivity index (χ3n) is 6.93. The lowest BCUT2D eigenvalue weighted by atomic mass is 10.1. The van der Waals surface area contributed by atoms with Gasteiger partial charge >= 0.3 is 0 Å². The summed E-state index contributed by atoms with van der Waals surface area (Å²) in [6, 6.07) is 7.84. The molecule has 0 N–H and O–H groups in total. The van der Waals surface area contributed by atoms with Gasteiger partial charge < -0.3 is 4.90 Å². The number of rotatable bonds is 4. The molecule has 1 atom stereocenters. The maximum atomic E-state index is 15.1. The average Bonchev–Trinajstić information content (AvgIpc) is 3.34. The predicted octanol–water partition coefficient (Wildman–Crippen LogP) is 4.16. The quantitative estimate of drug-likeness (QED) is 0.527. The van der Waals surface area contributed by atoms with E-state index in [9.17, 15) is 14.4 Å². The van der Waals surface area contributed by atoms with Crippen LogP contribution in [0.15, 0.2) is 30.3 Å². The SMILES string of the molecule is CCc1cc(C(=O)N2CCCCCC2C)nc2cc(-c3ccc(N4C(=O)CCC4=O)cc3F)nn12. The topological polar surface area (TPSA) is 87.9 Å². The number of anilines is 1. The van der Waals surface area contributed by atoms with Gasteiger partial charge in [-0.25, -0.2) is 13.9 Å². The third kappa shape index (κ3) is 4.19. The average molecular weight is 478 g/mol. The molecule has 182 valence electrons. The monoisotopic (exact) mass is 477 g/mol. The van der Waals surface area contributed by atoms with Gasteiger partial charge in [0, 0.05) is 42.8 Å². The molecule has 2 saturated heterocycles. The molecule has 35 heavy (non-hydrogen) atoms. The molecule has 4 heterocycles. The van der Waals surface area contributed by atoms with Crippen molar-refractivity contribution < 1.29 is 18.8 Å². The molecule has 0 bridgehead atoms. The van der Waals surface area contributed by atoms with Crippen LogP contribution in [0, 0.1) is 5.82 Å². The molecule has 2 aliphatic rings. The summed E-state index contributed by atoms with van der Waals surface area (Å²) >= 11 is 0. The Morgan fingerprint density at radius 1 is 1.09 bits per heavy atom. The van der Waals surface area contributed by atoms with Gasteiger partial charge in [0.25, 0.3) is 5.91 Å². The number of amides is 3. The molecule has 3 amide bonds. The number of aryl methyl sites for hydroxylation is 1. The lowest BCUT2D eigenvalue weighted by molar-refractivity contribution is -0.121. The van der Waals surface area contributed by atoms with Gasteiger partial charge in [-0.1, -0.05) is 19.8 Å². The molecule has 8 nitrogen and oxygen atoms in total. The summed E-state index contributed by atoms with van der Waals surface area (Å²) in [7, 11) is 0. The Labute approximate surface area is 202 Å². The minimum Gasteiger partial charge on any atom is -0.335 e. The third-order valence-corrected chi connectivity index (χ3v) is 6.93. The minimum absolute atomic E-state index is 0.0881. The molecular formula is C26H28FN5O3. The van der Waals surface area contributed by atoms with Crippen molar-refractivity contribution in [3.8, 4) is 11.3 Å². The van der Waals surface area contributed by atoms with E-state index in [1.165, 1.54) is 12.1 Å². The number of halogens is 1. The van der Waals surface area contributed by atoms with Crippen LogP contribution in [0.3, 0.4) is 0 Å². The van der Waals surface area contributed by atoms with Crippen molar-refractivity contribution in [1.82, 2.24) is 19.5 Å². The van der Waals surface area contributed by atoms with E-state index in [2.05, 4.69) is 17.0 Å². The maximum absolute atomic E-state index is 15.1. The fourth-order valence-electron chi connectivity index (χ4n) is 4.97. The standard InChI is InChI=1S/C26H28FN5O3/c1-3-17-14-22(26(35)30-12-6-4-5-7-16(30)2)28-23-15-21(29-32(17)23)19-9-8-18(13-20(19)27)31-24(33)10-11-25(31)34/h8-9,13-16H,3-7,10-12H2,1-2H3. The zero-order chi connectivity index (χ0) is 24.7. The normalized spacial score (nSPS) is 19.0. The Bertz CT molecular complexity index is 1320. The van der Waals surface area contributed by atoms with Crippen molar-refractivity contribution in [2.75, 3.05) is 11.4 Å². The maximum Gasteiger partial charge on any atom is 0.272 e. The van der Waals surface area contributed by atoms with Gasteiger partial charge in [0.15, 0.2) is 5.65 Å². The van der Waals surface area contributed by atoms with Gasteiger partial charge in [-0.15, -0.1) is 0 Å². The van der Waals surface area contributed by atoms with Crippen LogP contribution in [-0.4, -0.2) is 49.8 Å². The minimum atomic E-state index is -0.592. The van der Waals surface area contributed by atoms with Gasteiger partial charge in [-0.3, -0.25) is 19.3 Å². The van der Waals surface area contributed by atoms with E-state index in [1.807, 2.05) is 11.8 Å². The number of imide groups is 1. The van der Waals surface area contributed by atoms with Crippen LogP contribution in [0.5, 0.6) is 0 Å². The number of benzene rings is 1. The van der Waals surface area contributed by atoms with Crippen molar-refractivity contribution >= 4 is 29.1 Å². The molecular weight excluding hydrogens is 449 g/mol. The van der Waals surface area contributed by atoms with Crippen LogP contribution in [-0.2, 0) is 16.0 Å². The van der Waals surface area contributed by atoms with E-state index in [4.69, 9.17) is 0 Å². The number of carbonyl (C=O) groups is 3. The molecule has 2 aliphatic heterocycles. The second kappa shape index (κ2) is 9.20. The summed E-state index contributed by atoms with van der Waals surface area (Å²) in [5, 5.41) is 4.56. The smallest absolute Gasteiger partial charge is 0.272 e. The van der Waals surface area contributed by atoms with Crippen LogP contribution < -0.4 is 4.90 Å². The Morgan fingerprint density at radius 2 is 1.86 bits per heavy atom. The van der Waals surface area contributed by atoms with E-state index in [0.717, 1.165) is 42.8 Å². The predicted molar refractivity (Wildman–Crippen MR) is 128 cm³/mol. The van der Waals surface area contributed by atoms with E-state index in [1.54, 1.807) is 22.7 Å². The molecule has 0 saturated carbocycles. The Kier molecular flexibility index (Phi) is 6.08. The first-order chi connectivity index (χ1) is 16.9. The van der Waals surface area contributed by atoms with Crippen LogP contribution in [0.25, 0.3) is 16.9 Å². The first-order valence-electron chi connectivity index (χ1n) is 12.2. The Morgan fingerprint density at radius 3 is 2.57 bits per heavy atom. The van der Waals surface area contributed by atoms with Crippen LogP contribution in [0.1, 0.15) is 68.6 Å². The highest BCUT2D eigenvalue weighted by Gasteiger charge is 2.31. The molecule has 2 fully saturated rings. The second-order valence-electron chi connectivity index (χ2n) is 9.27. The van der Waals surface area contributed by atoms with Crippen molar-refractivity contribution in [1.29, 1.82) is 0 Å². The van der Waals surface area contributed by atoms with Gasteiger partial charge in [0.05, 0.1) is 11.4 Å². The summed E-state index contributed by atoms with van der Waals surface area (Å²) in [6.07, 6.45) is 5.10. The fraction of sp³-hybridized carbons (Fsp3) is 0.423. The largest absolute Gasteiger partial charge is 0.335 e. The van der Waals surface area contributed by atoms with Crippen molar-refractivity contribution in [3.05, 3.63) is 47.5 Å². The van der Waals surface area contributed by atoms with Crippen LogP contribution >= 0.6 is 0 Å². The van der Waals surface area contributed by atoms with Crippen molar-refractivity contribution in [2.24, 2.45) is 0 Å². The van der Waals surface area contributed by atoms with Gasteiger partial charge in [0.2, 0.25) is 11.8 Å². The lowest BCUT2D eigenvalue weighted by Crippen LogP contribution is -2.38. The van der Waals surface area contributed by atoms with E-state index in [0.29, 0.717) is 23.5 Å². The number of carbonyl (C=O) groups excluding carboxylic acids is 3. The molecule has 1 unspecified atom stereocenters. The lowest BCUT2D eigenvalue weighted by Gasteiger charge is -2.27. The number of aromatic nitrogens is 3. The Hall–Kier alpha value is -3.62. The number of fused-ring (bicyclic) bond motifs is 1. The first-order valence-corrected chi connectivity index (χ1v) is 12.2. The van der Waals surface area contributed by atoms with Gasteiger partial charge in [-0.05, 0) is 50.5 Å². The molecule has 3 aromatic rings. The number of hydrogen-bond donors (Lipinski definition) is 0. The van der Waals surface area contributed by atoms with Crippen molar-refractivity contribution in [2.45, 2.75) is 64.8 Å². The van der Waals surface area contributed by atoms with Crippen LogP contribution in [0.2, 0.25) is 0 Å². The number of nitrogens with zero attached hydrogens (tertiary/aromatic N) is 5. The Balaban J connectivity index is 1.50. The number of likely N-dealkylation sites (tertiary alicyclic amines) is 1. The molecule has 9 heteroatoms. The fourth-order valence-corrected chi connectivity index (χ4v) is 4.97. The van der Waals surface area contributed by atoms with Gasteiger partial charge in [0.1, 0.15) is 11.5 Å². The number of hydrogen-bond acceptors (Lipinski definition) is 5. The highest BCUT2D eigenvalue weighted by atomic mass is 19.1. The molecule has 0 aliphatic carbocycles. The highest BCUT2D eigenvalue weighted by molar-refractivity contribution is 6.19. The molecule has 0 spiro atoms. The first kappa shape index (κ1) is 23.1. The second-order valence-corrected chi connectivity index (χ2v) is 9.27. The summed E-state index contributed by atoms with van der Waals surface area (Å²) in [5.41, 5.74) is 2.46. The molecule has 0 radical (unpaired) electrons. The summed E-state index contributed by atoms with van der Waals surface area (Å²) in [4.78, 5) is 44.9. The summed E-state index contributed by atoms with van der Waals surface area (Å²) in [6.45, 7) is 4.77. The highest BCUT2D eigenvalue weighted by Crippen LogP contribution is 2.30. The van der Waals surface area contributed by atoms with Crippen molar-refractivity contribution in [3.63, 3.8) is 0 Å². The molecule has 1 aromatic carbocycles. The van der Waals surface area contributed by atoms with Gasteiger partial charge in [-0.2, -0.15) is 5.10 Å². The zero-order valence-corrected chi connectivity index (χ0v) is 20.0. The molecule has 2 aromatic heterocycles. The summed E-state index contributed by atoms with van der Waals surface area (Å²) in [5.74, 6) is -1.34. The van der Waals surface area contributed by atoms with E-state index >= 15 is 4.39 Å².